The number of anilines is 1. The zero-order valence-corrected chi connectivity index (χ0v) is 22.0. The van der Waals surface area contributed by atoms with Gasteiger partial charge in [-0.1, -0.05) is 59.3 Å². The van der Waals surface area contributed by atoms with Crippen LogP contribution in [-0.4, -0.2) is 20.8 Å². The van der Waals surface area contributed by atoms with Crippen LogP contribution in [0.3, 0.4) is 0 Å². The zero-order valence-electron chi connectivity index (χ0n) is 20.5. The van der Waals surface area contributed by atoms with Crippen LogP contribution in [0.5, 0.6) is 0 Å². The van der Waals surface area contributed by atoms with Crippen LogP contribution >= 0.6 is 23.4 Å². The van der Waals surface area contributed by atoms with E-state index in [4.69, 9.17) is 11.6 Å². The normalized spacial score (nSPS) is 11.8. The minimum Gasteiger partial charge on any atom is -0.328 e. The summed E-state index contributed by atoms with van der Waals surface area (Å²) in [6, 6.07) is 17.0. The molecule has 0 spiro atoms. The number of nitrogens with zero attached hydrogens (tertiary/aromatic N) is 3. The number of hydrogen-bond donors (Lipinski definition) is 2. The van der Waals surface area contributed by atoms with Crippen molar-refractivity contribution in [1.82, 2.24) is 20.1 Å². The van der Waals surface area contributed by atoms with Gasteiger partial charge in [-0.3, -0.25) is 4.57 Å². The first-order valence-corrected chi connectivity index (χ1v) is 12.8. The molecular weight excluding hydrogens is 497 g/mol. The fourth-order valence-corrected chi connectivity index (χ4v) is 4.88. The smallest absolute Gasteiger partial charge is 0.319 e. The summed E-state index contributed by atoms with van der Waals surface area (Å²) in [5.74, 6) is 0.869. The van der Waals surface area contributed by atoms with Gasteiger partial charge < -0.3 is 10.6 Å². The number of nitrogens with one attached hydrogen (secondary N) is 2. The maximum Gasteiger partial charge on any atom is 0.319 e. The Bertz CT molecular complexity index is 1390. The van der Waals surface area contributed by atoms with Gasteiger partial charge in [0.1, 0.15) is 5.82 Å². The van der Waals surface area contributed by atoms with Gasteiger partial charge >= 0.3 is 6.03 Å². The molecule has 4 aromatic rings. The van der Waals surface area contributed by atoms with Crippen LogP contribution in [0.25, 0.3) is 5.69 Å². The largest absolute Gasteiger partial charge is 0.328 e. The van der Waals surface area contributed by atoms with Gasteiger partial charge in [0, 0.05) is 16.5 Å². The van der Waals surface area contributed by atoms with Gasteiger partial charge in [0.2, 0.25) is 0 Å². The number of rotatable bonds is 7. The topological polar surface area (TPSA) is 71.8 Å². The number of thioether (sulfide) groups is 1. The van der Waals surface area contributed by atoms with E-state index in [2.05, 4.69) is 20.8 Å². The maximum atomic E-state index is 13.3. The van der Waals surface area contributed by atoms with E-state index in [0.29, 0.717) is 21.8 Å². The predicted molar refractivity (Wildman–Crippen MR) is 144 cm³/mol. The lowest BCUT2D eigenvalue weighted by Crippen LogP contribution is -2.32. The average Bonchev–Trinajstić information content (AvgIpc) is 3.26. The fourth-order valence-electron chi connectivity index (χ4n) is 3.81. The highest BCUT2D eigenvalue weighted by atomic mass is 35.5. The second kappa shape index (κ2) is 11.1. The number of benzene rings is 3. The van der Waals surface area contributed by atoms with Gasteiger partial charge in [-0.25, -0.2) is 9.18 Å². The van der Waals surface area contributed by atoms with Crippen molar-refractivity contribution in [2.45, 2.75) is 44.6 Å². The fraction of sp³-hybridized carbons (Fsp3) is 0.222. The van der Waals surface area contributed by atoms with Crippen molar-refractivity contribution in [3.8, 4) is 5.69 Å². The third-order valence-electron chi connectivity index (χ3n) is 5.72. The first-order valence-electron chi connectivity index (χ1n) is 11.4. The Kier molecular flexibility index (Phi) is 7.96. The van der Waals surface area contributed by atoms with Gasteiger partial charge in [0.05, 0.1) is 11.7 Å². The number of hydrogen-bond acceptors (Lipinski definition) is 4. The van der Waals surface area contributed by atoms with Crippen molar-refractivity contribution < 1.29 is 9.18 Å². The Morgan fingerprint density at radius 1 is 1.03 bits per heavy atom. The van der Waals surface area contributed by atoms with E-state index in [1.54, 1.807) is 12.1 Å². The Morgan fingerprint density at radius 3 is 2.50 bits per heavy atom. The van der Waals surface area contributed by atoms with E-state index in [0.717, 1.165) is 33.6 Å². The Balaban J connectivity index is 1.60. The summed E-state index contributed by atoms with van der Waals surface area (Å²) in [6.07, 6.45) is 0. The monoisotopic (exact) mass is 523 g/mol. The summed E-state index contributed by atoms with van der Waals surface area (Å²) in [5.41, 5.74) is 5.62. The highest BCUT2D eigenvalue weighted by Gasteiger charge is 2.22. The molecule has 0 aliphatic rings. The van der Waals surface area contributed by atoms with Crippen molar-refractivity contribution in [2.75, 3.05) is 5.32 Å². The molecule has 0 fully saturated rings. The van der Waals surface area contributed by atoms with Crippen LogP contribution in [0, 0.1) is 26.6 Å². The molecular formula is C27H27ClFN5OS. The molecule has 0 saturated heterocycles. The second-order valence-electron chi connectivity index (χ2n) is 8.66. The van der Waals surface area contributed by atoms with Gasteiger partial charge in [-0.15, -0.1) is 10.2 Å². The molecule has 0 aliphatic carbocycles. The van der Waals surface area contributed by atoms with Crippen LogP contribution in [0.1, 0.15) is 41.0 Å². The van der Waals surface area contributed by atoms with Gasteiger partial charge in [-0.05, 0) is 74.7 Å². The van der Waals surface area contributed by atoms with Crippen molar-refractivity contribution in [3.05, 3.63) is 99.6 Å². The molecule has 36 heavy (non-hydrogen) atoms. The molecule has 6 nitrogen and oxygen atoms in total. The molecule has 0 bridgehead atoms. The van der Waals surface area contributed by atoms with Crippen LogP contribution < -0.4 is 10.6 Å². The number of aromatic nitrogens is 3. The number of aryl methyl sites for hydroxylation is 3. The SMILES string of the molecule is Cc1ccc(NC(=O)NC(C)c2nnc(SCc3ccc(F)cc3)n2-c2cc(Cl)ccc2C)c(C)c1. The van der Waals surface area contributed by atoms with Crippen LogP contribution in [0.15, 0.2) is 65.8 Å². The van der Waals surface area contributed by atoms with Gasteiger partial charge in [0.25, 0.3) is 0 Å². The minimum atomic E-state index is -0.457. The average molecular weight is 524 g/mol. The summed E-state index contributed by atoms with van der Waals surface area (Å²) in [6.45, 7) is 7.80. The lowest BCUT2D eigenvalue weighted by molar-refractivity contribution is 0.248. The van der Waals surface area contributed by atoms with Crippen molar-refractivity contribution in [2.24, 2.45) is 0 Å². The molecule has 1 atom stereocenters. The second-order valence-corrected chi connectivity index (χ2v) is 10.0. The number of carbonyl (C=O) groups excluding carboxylic acids is 1. The van der Waals surface area contributed by atoms with Crippen molar-refractivity contribution >= 4 is 35.1 Å². The van der Waals surface area contributed by atoms with Crippen molar-refractivity contribution in [3.63, 3.8) is 0 Å². The number of amides is 2. The highest BCUT2D eigenvalue weighted by molar-refractivity contribution is 7.98. The first-order chi connectivity index (χ1) is 17.2. The van der Waals surface area contributed by atoms with Crippen molar-refractivity contribution in [1.29, 1.82) is 0 Å². The predicted octanol–water partition coefficient (Wildman–Crippen LogP) is 7.16. The quantitative estimate of drug-likeness (QED) is 0.252. The summed E-state index contributed by atoms with van der Waals surface area (Å²) in [7, 11) is 0. The summed E-state index contributed by atoms with van der Waals surface area (Å²) < 4.78 is 15.2. The lowest BCUT2D eigenvalue weighted by Gasteiger charge is -2.18. The maximum absolute atomic E-state index is 13.3. The summed E-state index contributed by atoms with van der Waals surface area (Å²) in [4.78, 5) is 12.8. The van der Waals surface area contributed by atoms with Gasteiger partial charge in [0.15, 0.2) is 11.0 Å². The molecule has 3 aromatic carbocycles. The minimum absolute atomic E-state index is 0.275. The van der Waals surface area contributed by atoms with Crippen LogP contribution in [0.4, 0.5) is 14.9 Å². The summed E-state index contributed by atoms with van der Waals surface area (Å²) >= 11 is 7.80. The molecule has 1 heterocycles. The molecule has 1 unspecified atom stereocenters. The molecule has 2 N–H and O–H groups in total. The molecule has 1 aromatic heterocycles. The number of urea groups is 1. The van der Waals surface area contributed by atoms with E-state index >= 15 is 0 Å². The van der Waals surface area contributed by atoms with E-state index in [9.17, 15) is 9.18 Å². The van der Waals surface area contributed by atoms with Crippen LogP contribution in [-0.2, 0) is 5.75 Å². The Hall–Kier alpha value is -3.36. The highest BCUT2D eigenvalue weighted by Crippen LogP contribution is 2.30. The molecule has 4 rings (SSSR count). The molecule has 186 valence electrons. The number of carbonyl (C=O) groups is 1. The van der Waals surface area contributed by atoms with E-state index in [-0.39, 0.29) is 11.8 Å². The zero-order chi connectivity index (χ0) is 25.8. The van der Waals surface area contributed by atoms with E-state index < -0.39 is 6.04 Å². The summed E-state index contributed by atoms with van der Waals surface area (Å²) in [5, 5.41) is 15.9. The third-order valence-corrected chi connectivity index (χ3v) is 6.95. The third kappa shape index (κ3) is 6.06. The lowest BCUT2D eigenvalue weighted by atomic mass is 10.1. The van der Waals surface area contributed by atoms with E-state index in [1.807, 2.05) is 68.7 Å². The molecule has 9 heteroatoms. The Labute approximate surface area is 219 Å². The first kappa shape index (κ1) is 25.7. The molecule has 0 aliphatic heterocycles. The Morgan fingerprint density at radius 2 is 1.78 bits per heavy atom. The number of halogens is 2. The molecule has 0 radical (unpaired) electrons. The van der Waals surface area contributed by atoms with E-state index in [1.165, 1.54) is 23.9 Å². The van der Waals surface area contributed by atoms with Crippen LogP contribution in [0.2, 0.25) is 5.02 Å². The molecule has 0 saturated carbocycles. The van der Waals surface area contributed by atoms with Gasteiger partial charge in [-0.2, -0.15) is 0 Å². The molecule has 2 amide bonds. The standard InChI is InChI=1S/C27H27ClFN5OS/c1-16-5-12-23(18(3)13-16)31-26(35)30-19(4)25-32-33-27(36-15-20-7-10-22(29)11-8-20)34(25)24-14-21(28)9-6-17(24)2/h5-14,19H,15H2,1-4H3,(H2,30,31,35).